The van der Waals surface area contributed by atoms with Crippen molar-refractivity contribution in [2.75, 3.05) is 5.32 Å². The van der Waals surface area contributed by atoms with Gasteiger partial charge in [0.2, 0.25) is 4.73 Å². The number of anilines is 1. The molecule has 18 heavy (non-hydrogen) atoms. The molecule has 2 heterocycles. The van der Waals surface area contributed by atoms with Crippen LogP contribution >= 0.6 is 15.9 Å². The minimum absolute atomic E-state index is 0.549. The quantitative estimate of drug-likeness (QED) is 0.837. The number of aromatic nitrogens is 3. The normalized spacial score (nSPS) is 19.0. The predicted octanol–water partition coefficient (Wildman–Crippen LogP) is 2.56. The molecule has 2 aromatic rings. The smallest absolute Gasteiger partial charge is 0.218 e. The highest BCUT2D eigenvalue weighted by Crippen LogP contribution is 2.29. The van der Waals surface area contributed by atoms with Crippen molar-refractivity contribution in [2.24, 2.45) is 0 Å². The summed E-state index contributed by atoms with van der Waals surface area (Å²) in [6, 6.07) is 5.69. The van der Waals surface area contributed by atoms with Crippen LogP contribution in [0.2, 0.25) is 0 Å². The topological polar surface area (TPSA) is 62.5 Å². The van der Waals surface area contributed by atoms with Crippen molar-refractivity contribution >= 4 is 27.4 Å². The highest BCUT2D eigenvalue weighted by molar-refractivity contribution is 9.10. The Morgan fingerprint density at radius 3 is 2.83 bits per heavy atom. The number of fused-ring (bicyclic) bond motifs is 1. The SMILES string of the molecule is OC1(Nc2cccc3nc(Br)nn23)CCCCC1. The Morgan fingerprint density at radius 2 is 2.06 bits per heavy atom. The van der Waals surface area contributed by atoms with E-state index in [0.29, 0.717) is 4.73 Å². The number of nitrogens with zero attached hydrogens (tertiary/aromatic N) is 3. The van der Waals surface area contributed by atoms with Gasteiger partial charge in [-0.2, -0.15) is 4.52 Å². The second kappa shape index (κ2) is 4.51. The molecule has 0 amide bonds. The average molecular weight is 311 g/mol. The van der Waals surface area contributed by atoms with Crippen molar-refractivity contribution in [2.45, 2.75) is 37.8 Å². The van der Waals surface area contributed by atoms with Crippen LogP contribution in [0.5, 0.6) is 0 Å². The van der Waals surface area contributed by atoms with Gasteiger partial charge in [-0.05, 0) is 53.7 Å². The molecular weight excluding hydrogens is 296 g/mol. The van der Waals surface area contributed by atoms with Gasteiger partial charge < -0.3 is 10.4 Å². The average Bonchev–Trinajstić information content (AvgIpc) is 2.71. The third kappa shape index (κ3) is 2.22. The van der Waals surface area contributed by atoms with E-state index >= 15 is 0 Å². The summed E-state index contributed by atoms with van der Waals surface area (Å²) in [5.74, 6) is 0.773. The van der Waals surface area contributed by atoms with Crippen LogP contribution in [-0.2, 0) is 0 Å². The first-order valence-electron chi connectivity index (χ1n) is 6.18. The molecule has 1 aliphatic carbocycles. The minimum atomic E-state index is -0.815. The fourth-order valence-electron chi connectivity index (χ4n) is 2.47. The summed E-state index contributed by atoms with van der Waals surface area (Å²) >= 11 is 3.26. The van der Waals surface area contributed by atoms with E-state index in [1.54, 1.807) is 4.52 Å². The second-order valence-corrected chi connectivity index (χ2v) is 5.49. The number of nitrogens with one attached hydrogen (secondary N) is 1. The molecule has 2 aromatic heterocycles. The Labute approximate surface area is 113 Å². The predicted molar refractivity (Wildman–Crippen MR) is 72.3 cm³/mol. The van der Waals surface area contributed by atoms with Crippen LogP contribution in [0, 0.1) is 0 Å². The van der Waals surface area contributed by atoms with E-state index in [1.165, 1.54) is 6.42 Å². The Bertz CT molecular complexity index is 562. The van der Waals surface area contributed by atoms with Crippen LogP contribution in [-0.4, -0.2) is 25.4 Å². The Balaban J connectivity index is 1.94. The van der Waals surface area contributed by atoms with Gasteiger partial charge in [0, 0.05) is 0 Å². The Hall–Kier alpha value is -1.14. The summed E-state index contributed by atoms with van der Waals surface area (Å²) in [7, 11) is 0. The Morgan fingerprint density at radius 1 is 1.28 bits per heavy atom. The number of rotatable bonds is 2. The van der Waals surface area contributed by atoms with E-state index in [0.717, 1.165) is 37.1 Å². The van der Waals surface area contributed by atoms with Crippen LogP contribution in [0.4, 0.5) is 5.82 Å². The number of aliphatic hydroxyl groups is 1. The summed E-state index contributed by atoms with van der Waals surface area (Å²) < 4.78 is 2.25. The summed E-state index contributed by atoms with van der Waals surface area (Å²) in [4.78, 5) is 4.24. The molecule has 0 spiro atoms. The lowest BCUT2D eigenvalue weighted by Gasteiger charge is -2.33. The molecular formula is C12H15BrN4O. The van der Waals surface area contributed by atoms with Crippen LogP contribution in [0.15, 0.2) is 22.9 Å². The van der Waals surface area contributed by atoms with Crippen molar-refractivity contribution in [3.05, 3.63) is 22.9 Å². The number of halogens is 1. The summed E-state index contributed by atoms with van der Waals surface area (Å²) in [6.07, 6.45) is 4.86. The zero-order chi connectivity index (χ0) is 12.6. The van der Waals surface area contributed by atoms with E-state index < -0.39 is 5.72 Å². The maximum atomic E-state index is 10.5. The largest absolute Gasteiger partial charge is 0.371 e. The molecule has 0 saturated heterocycles. The molecule has 2 N–H and O–H groups in total. The lowest BCUT2D eigenvalue weighted by Crippen LogP contribution is -2.40. The lowest BCUT2D eigenvalue weighted by molar-refractivity contribution is 0.0311. The third-order valence-electron chi connectivity index (χ3n) is 3.38. The van der Waals surface area contributed by atoms with Gasteiger partial charge in [0.15, 0.2) is 5.65 Å². The van der Waals surface area contributed by atoms with E-state index in [-0.39, 0.29) is 0 Å². The molecule has 0 aliphatic heterocycles. The molecule has 1 aliphatic rings. The van der Waals surface area contributed by atoms with Gasteiger partial charge in [0.05, 0.1) is 0 Å². The van der Waals surface area contributed by atoms with E-state index in [1.807, 2.05) is 18.2 Å². The van der Waals surface area contributed by atoms with E-state index in [4.69, 9.17) is 0 Å². The van der Waals surface area contributed by atoms with Crippen molar-refractivity contribution < 1.29 is 5.11 Å². The minimum Gasteiger partial charge on any atom is -0.371 e. The van der Waals surface area contributed by atoms with Crippen LogP contribution in [0.1, 0.15) is 32.1 Å². The maximum Gasteiger partial charge on any atom is 0.218 e. The van der Waals surface area contributed by atoms with Gasteiger partial charge >= 0.3 is 0 Å². The summed E-state index contributed by atoms with van der Waals surface area (Å²) in [5, 5.41) is 18.0. The zero-order valence-corrected chi connectivity index (χ0v) is 11.5. The fourth-order valence-corrected chi connectivity index (χ4v) is 2.81. The fraction of sp³-hybridized carbons (Fsp3) is 0.500. The third-order valence-corrected chi connectivity index (χ3v) is 3.71. The molecule has 1 fully saturated rings. The van der Waals surface area contributed by atoms with Crippen molar-refractivity contribution in [1.29, 1.82) is 0 Å². The van der Waals surface area contributed by atoms with Crippen LogP contribution in [0.3, 0.4) is 0 Å². The van der Waals surface area contributed by atoms with Gasteiger partial charge in [-0.25, -0.2) is 4.98 Å². The first-order valence-corrected chi connectivity index (χ1v) is 6.97. The first kappa shape index (κ1) is 11.9. The standard InChI is InChI=1S/C12H15BrN4O/c13-11-14-9-5-4-6-10(17(9)16-11)15-12(18)7-2-1-3-8-12/h4-6,15,18H,1-3,7-8H2. The van der Waals surface area contributed by atoms with Crippen molar-refractivity contribution in [1.82, 2.24) is 14.6 Å². The van der Waals surface area contributed by atoms with Gasteiger partial charge in [0.1, 0.15) is 11.5 Å². The highest BCUT2D eigenvalue weighted by Gasteiger charge is 2.29. The van der Waals surface area contributed by atoms with E-state index in [9.17, 15) is 5.11 Å². The molecule has 6 heteroatoms. The van der Waals surface area contributed by atoms with Crippen molar-refractivity contribution in [3.8, 4) is 0 Å². The molecule has 3 rings (SSSR count). The molecule has 0 atom stereocenters. The second-order valence-electron chi connectivity index (χ2n) is 4.78. The molecule has 1 saturated carbocycles. The highest BCUT2D eigenvalue weighted by atomic mass is 79.9. The van der Waals surface area contributed by atoms with Gasteiger partial charge in [-0.15, -0.1) is 5.10 Å². The maximum absolute atomic E-state index is 10.5. The molecule has 5 nitrogen and oxygen atoms in total. The number of hydrogen-bond acceptors (Lipinski definition) is 4. The lowest BCUT2D eigenvalue weighted by atomic mass is 9.92. The van der Waals surface area contributed by atoms with Crippen LogP contribution in [0.25, 0.3) is 5.65 Å². The zero-order valence-electron chi connectivity index (χ0n) is 9.93. The summed E-state index contributed by atoms with van der Waals surface area (Å²) in [6.45, 7) is 0. The number of hydrogen-bond donors (Lipinski definition) is 2. The van der Waals surface area contributed by atoms with Gasteiger partial charge in [-0.3, -0.25) is 0 Å². The molecule has 0 bridgehead atoms. The van der Waals surface area contributed by atoms with E-state index in [2.05, 4.69) is 31.3 Å². The molecule has 0 aromatic carbocycles. The molecule has 0 radical (unpaired) electrons. The molecule has 0 unspecified atom stereocenters. The van der Waals surface area contributed by atoms with Crippen LogP contribution < -0.4 is 5.32 Å². The van der Waals surface area contributed by atoms with Crippen molar-refractivity contribution in [3.63, 3.8) is 0 Å². The monoisotopic (exact) mass is 310 g/mol. The summed E-state index contributed by atoms with van der Waals surface area (Å²) in [5.41, 5.74) is -0.0587. The number of pyridine rings is 1. The molecule has 96 valence electrons. The first-order chi connectivity index (χ1) is 8.66. The van der Waals surface area contributed by atoms with Gasteiger partial charge in [0.25, 0.3) is 0 Å². The Kier molecular flexibility index (Phi) is 2.99. The van der Waals surface area contributed by atoms with Gasteiger partial charge in [-0.1, -0.05) is 12.5 Å².